The SMILES string of the molecule is C=C(CCn1c(=O)n(C2CC2)c(=O)c2c(Nc3ccc(C)cc3F)n(C)c(=O)c(C)c21)NC(=O)OC(C)(C)C. The van der Waals surface area contributed by atoms with Gasteiger partial charge >= 0.3 is 11.8 Å². The Morgan fingerprint density at radius 2 is 1.82 bits per heavy atom. The van der Waals surface area contributed by atoms with Crippen LogP contribution in [0.5, 0.6) is 0 Å². The summed E-state index contributed by atoms with van der Waals surface area (Å²) >= 11 is 0. The minimum atomic E-state index is -0.700. The number of nitrogens with zero attached hydrogens (tertiary/aromatic N) is 3. The van der Waals surface area contributed by atoms with Crippen molar-refractivity contribution >= 4 is 28.5 Å². The van der Waals surface area contributed by atoms with E-state index in [0.29, 0.717) is 24.1 Å². The minimum Gasteiger partial charge on any atom is -0.444 e. The van der Waals surface area contributed by atoms with Crippen LogP contribution >= 0.6 is 0 Å². The number of anilines is 2. The number of halogens is 1. The van der Waals surface area contributed by atoms with Gasteiger partial charge in [-0.2, -0.15) is 0 Å². The maximum Gasteiger partial charge on any atom is 0.411 e. The van der Waals surface area contributed by atoms with Crippen molar-refractivity contribution in [1.82, 2.24) is 19.0 Å². The highest BCUT2D eigenvalue weighted by Crippen LogP contribution is 2.33. The number of alkyl carbamates (subject to hydrolysis) is 1. The van der Waals surface area contributed by atoms with Crippen LogP contribution in [-0.4, -0.2) is 25.4 Å². The molecule has 2 N–H and O–H groups in total. The van der Waals surface area contributed by atoms with Crippen LogP contribution < -0.4 is 27.4 Å². The highest BCUT2D eigenvalue weighted by Gasteiger charge is 2.31. The first-order chi connectivity index (χ1) is 18.2. The topological polar surface area (TPSA) is 116 Å². The lowest BCUT2D eigenvalue weighted by Crippen LogP contribution is -2.42. The summed E-state index contributed by atoms with van der Waals surface area (Å²) < 4.78 is 23.9. The molecule has 0 saturated heterocycles. The molecular formula is C28H34FN5O5. The molecular weight excluding hydrogens is 505 g/mol. The van der Waals surface area contributed by atoms with E-state index in [4.69, 9.17) is 4.74 Å². The Hall–Kier alpha value is -4.15. The fourth-order valence-electron chi connectivity index (χ4n) is 4.51. The molecule has 2 heterocycles. The van der Waals surface area contributed by atoms with Gasteiger partial charge in [-0.15, -0.1) is 0 Å². The number of hydrogen-bond acceptors (Lipinski definition) is 6. The summed E-state index contributed by atoms with van der Waals surface area (Å²) in [7, 11) is 1.49. The third kappa shape index (κ3) is 5.67. The molecule has 10 nitrogen and oxygen atoms in total. The smallest absolute Gasteiger partial charge is 0.411 e. The molecule has 4 rings (SSSR count). The maximum atomic E-state index is 14.8. The van der Waals surface area contributed by atoms with Crippen LogP contribution in [0.25, 0.3) is 10.9 Å². The number of hydrogen-bond donors (Lipinski definition) is 2. The zero-order chi connectivity index (χ0) is 28.8. The standard InChI is InChI=1S/C28H34FN5O5/c1-15-8-11-20(19(29)14-15)31-23-21-22(17(3)24(35)32(23)7)33(27(38)34(25(21)36)18-9-10-18)13-12-16(2)30-26(37)39-28(4,5)6/h8,11,14,18,31H,2,9-10,12-13H2,1,3-7H3,(H,30,37). The van der Waals surface area contributed by atoms with Gasteiger partial charge in [-0.3, -0.25) is 28.6 Å². The molecule has 39 heavy (non-hydrogen) atoms. The first-order valence-electron chi connectivity index (χ1n) is 12.8. The molecule has 0 atom stereocenters. The highest BCUT2D eigenvalue weighted by atomic mass is 19.1. The monoisotopic (exact) mass is 539 g/mol. The molecule has 0 radical (unpaired) electrons. The van der Waals surface area contributed by atoms with E-state index in [1.165, 1.54) is 32.9 Å². The van der Waals surface area contributed by atoms with Gasteiger partial charge in [0.2, 0.25) is 0 Å². The van der Waals surface area contributed by atoms with Crippen molar-refractivity contribution in [2.75, 3.05) is 5.32 Å². The Kier molecular flexibility index (Phi) is 7.29. The average Bonchev–Trinajstić information content (AvgIpc) is 3.65. The van der Waals surface area contributed by atoms with Crippen LogP contribution in [-0.2, 0) is 18.3 Å². The average molecular weight is 540 g/mol. The van der Waals surface area contributed by atoms with Crippen LogP contribution in [0.2, 0.25) is 0 Å². The Bertz CT molecular complexity index is 1670. The van der Waals surface area contributed by atoms with Gasteiger partial charge in [0.05, 0.1) is 11.2 Å². The lowest BCUT2D eigenvalue weighted by Gasteiger charge is -2.22. The number of carbonyl (C=O) groups is 1. The van der Waals surface area contributed by atoms with E-state index in [0.717, 1.165) is 0 Å². The zero-order valence-corrected chi connectivity index (χ0v) is 23.1. The third-order valence-corrected chi connectivity index (χ3v) is 6.53. The second kappa shape index (κ2) is 10.2. The summed E-state index contributed by atoms with van der Waals surface area (Å²) in [6.45, 7) is 12.4. The molecule has 3 aromatic rings. The molecule has 11 heteroatoms. The lowest BCUT2D eigenvalue weighted by molar-refractivity contribution is 0.0544. The van der Waals surface area contributed by atoms with Crippen LogP contribution in [0.1, 0.15) is 57.2 Å². The predicted molar refractivity (Wildman–Crippen MR) is 148 cm³/mol. The number of nitrogens with one attached hydrogen (secondary N) is 2. The van der Waals surface area contributed by atoms with E-state index in [9.17, 15) is 23.6 Å². The van der Waals surface area contributed by atoms with E-state index in [1.54, 1.807) is 40.7 Å². The Morgan fingerprint density at radius 1 is 1.15 bits per heavy atom. The normalized spacial score (nSPS) is 13.4. The van der Waals surface area contributed by atoms with Crippen molar-refractivity contribution in [2.45, 2.75) is 72.1 Å². The van der Waals surface area contributed by atoms with Gasteiger partial charge in [0.1, 0.15) is 22.6 Å². The van der Waals surface area contributed by atoms with Crippen molar-refractivity contribution in [3.8, 4) is 0 Å². The molecule has 0 unspecified atom stereocenters. The summed E-state index contributed by atoms with van der Waals surface area (Å²) in [4.78, 5) is 52.8. The van der Waals surface area contributed by atoms with Gasteiger partial charge in [-0.25, -0.2) is 14.0 Å². The Morgan fingerprint density at radius 3 is 2.41 bits per heavy atom. The van der Waals surface area contributed by atoms with Crippen LogP contribution in [0.4, 0.5) is 20.7 Å². The molecule has 1 fully saturated rings. The summed E-state index contributed by atoms with van der Waals surface area (Å²) in [5.74, 6) is -0.460. The second-order valence-electron chi connectivity index (χ2n) is 11.0. The van der Waals surface area contributed by atoms with Crippen molar-refractivity contribution in [2.24, 2.45) is 7.05 Å². The number of aromatic nitrogens is 3. The second-order valence-corrected chi connectivity index (χ2v) is 11.0. The molecule has 1 aliphatic rings. The molecule has 1 amide bonds. The first-order valence-corrected chi connectivity index (χ1v) is 12.8. The fourth-order valence-corrected chi connectivity index (χ4v) is 4.51. The van der Waals surface area contributed by atoms with E-state index in [-0.39, 0.29) is 47.0 Å². The number of ether oxygens (including phenoxy) is 1. The number of fused-ring (bicyclic) bond motifs is 1. The van der Waals surface area contributed by atoms with Gasteiger partial charge in [-0.1, -0.05) is 12.6 Å². The molecule has 2 aromatic heterocycles. The van der Waals surface area contributed by atoms with Gasteiger partial charge in [0, 0.05) is 37.3 Å². The fraction of sp³-hybridized carbons (Fsp3) is 0.429. The molecule has 1 aliphatic carbocycles. The van der Waals surface area contributed by atoms with Gasteiger partial charge in [0.25, 0.3) is 11.1 Å². The van der Waals surface area contributed by atoms with Gasteiger partial charge < -0.3 is 10.1 Å². The van der Waals surface area contributed by atoms with E-state index in [1.807, 2.05) is 0 Å². The Labute approximate surface area is 224 Å². The van der Waals surface area contributed by atoms with Crippen molar-refractivity contribution in [3.05, 3.63) is 78.6 Å². The third-order valence-electron chi connectivity index (χ3n) is 6.53. The number of rotatable bonds is 7. The molecule has 208 valence electrons. The summed E-state index contributed by atoms with van der Waals surface area (Å²) in [6, 6.07) is 4.33. The number of carbonyl (C=O) groups excluding carboxylic acids is 1. The molecule has 0 aliphatic heterocycles. The largest absolute Gasteiger partial charge is 0.444 e. The number of allylic oxidation sites excluding steroid dienone is 1. The van der Waals surface area contributed by atoms with Crippen molar-refractivity contribution in [1.29, 1.82) is 0 Å². The number of aryl methyl sites for hydroxylation is 3. The number of pyridine rings is 1. The van der Waals surface area contributed by atoms with E-state index < -0.39 is 34.3 Å². The van der Waals surface area contributed by atoms with Crippen LogP contribution in [0.15, 0.2) is 44.9 Å². The van der Waals surface area contributed by atoms with Crippen LogP contribution in [0.3, 0.4) is 0 Å². The minimum absolute atomic E-state index is 0.0311. The predicted octanol–water partition coefficient (Wildman–Crippen LogP) is 4.12. The van der Waals surface area contributed by atoms with Crippen molar-refractivity contribution in [3.63, 3.8) is 0 Å². The summed E-state index contributed by atoms with van der Waals surface area (Å²) in [5, 5.41) is 5.60. The summed E-state index contributed by atoms with van der Waals surface area (Å²) in [5.41, 5.74) is -0.784. The quantitative estimate of drug-likeness (QED) is 0.467. The lowest BCUT2D eigenvalue weighted by atomic mass is 10.1. The van der Waals surface area contributed by atoms with E-state index in [2.05, 4.69) is 17.2 Å². The van der Waals surface area contributed by atoms with Crippen molar-refractivity contribution < 1.29 is 13.9 Å². The van der Waals surface area contributed by atoms with Gasteiger partial charge in [-0.05, 0) is 65.2 Å². The van der Waals surface area contributed by atoms with Gasteiger partial charge in [0.15, 0.2) is 0 Å². The first kappa shape index (κ1) is 27.9. The maximum absolute atomic E-state index is 14.8. The van der Waals surface area contributed by atoms with Crippen LogP contribution in [0, 0.1) is 19.7 Å². The molecule has 0 bridgehead atoms. The molecule has 1 aromatic carbocycles. The zero-order valence-electron chi connectivity index (χ0n) is 23.1. The Balaban J connectivity index is 1.86. The van der Waals surface area contributed by atoms with E-state index >= 15 is 0 Å². The molecule has 0 spiro atoms. The number of benzene rings is 1. The summed E-state index contributed by atoms with van der Waals surface area (Å²) in [6.07, 6.45) is 0.812. The molecule has 1 saturated carbocycles. The number of amides is 1. The highest BCUT2D eigenvalue weighted by molar-refractivity contribution is 5.92.